The number of hydrogen-bond acceptors (Lipinski definition) is 2. The van der Waals surface area contributed by atoms with Crippen LogP contribution in [0.1, 0.15) is 31.0 Å². The Hall–Kier alpha value is -1.80. The summed E-state index contributed by atoms with van der Waals surface area (Å²) in [7, 11) is 0. The minimum Gasteiger partial charge on any atom is -0.457 e. The Labute approximate surface area is 108 Å². The van der Waals surface area contributed by atoms with Crippen molar-refractivity contribution < 1.29 is 4.74 Å². The van der Waals surface area contributed by atoms with Crippen LogP contribution < -0.4 is 10.5 Å². The van der Waals surface area contributed by atoms with E-state index in [1.807, 2.05) is 43.3 Å². The minimum absolute atomic E-state index is 0.0582. The number of benzene rings is 2. The van der Waals surface area contributed by atoms with E-state index in [0.29, 0.717) is 0 Å². The summed E-state index contributed by atoms with van der Waals surface area (Å²) in [4.78, 5) is 0. The van der Waals surface area contributed by atoms with Crippen molar-refractivity contribution in [2.24, 2.45) is 5.73 Å². The molecule has 2 heteroatoms. The molecule has 0 aliphatic carbocycles. The van der Waals surface area contributed by atoms with Gasteiger partial charge in [-0.1, -0.05) is 31.2 Å². The lowest BCUT2D eigenvalue weighted by molar-refractivity contribution is 0.482. The molecule has 0 spiro atoms. The van der Waals surface area contributed by atoms with Crippen molar-refractivity contribution in [1.82, 2.24) is 0 Å². The zero-order chi connectivity index (χ0) is 13.0. The summed E-state index contributed by atoms with van der Waals surface area (Å²) in [6.07, 6.45) is 1.05. The van der Waals surface area contributed by atoms with E-state index in [2.05, 4.69) is 19.1 Å². The van der Waals surface area contributed by atoms with E-state index in [9.17, 15) is 0 Å². The Morgan fingerprint density at radius 2 is 1.44 bits per heavy atom. The standard InChI is InChI=1S/C16H19NO/c1-3-13-4-8-15(9-5-13)18-16-10-6-14(7-11-16)12(2)17/h4-12H,3,17H2,1-2H3. The molecule has 2 aromatic rings. The monoisotopic (exact) mass is 241 g/mol. The Morgan fingerprint density at radius 1 is 0.944 bits per heavy atom. The number of hydrogen-bond donors (Lipinski definition) is 1. The molecule has 0 radical (unpaired) electrons. The van der Waals surface area contributed by atoms with Crippen LogP contribution in [0.25, 0.3) is 0 Å². The fourth-order valence-electron chi connectivity index (χ4n) is 1.77. The van der Waals surface area contributed by atoms with Crippen molar-refractivity contribution in [3.05, 3.63) is 59.7 Å². The lowest BCUT2D eigenvalue weighted by Gasteiger charge is -2.09. The maximum absolute atomic E-state index is 5.81. The molecule has 0 aromatic heterocycles. The van der Waals surface area contributed by atoms with Crippen molar-refractivity contribution in [3.8, 4) is 11.5 Å². The van der Waals surface area contributed by atoms with E-state index in [-0.39, 0.29) is 6.04 Å². The maximum atomic E-state index is 5.81. The first-order valence-corrected chi connectivity index (χ1v) is 6.31. The second-order valence-electron chi connectivity index (χ2n) is 4.46. The summed E-state index contributed by atoms with van der Waals surface area (Å²) < 4.78 is 5.77. The van der Waals surface area contributed by atoms with Gasteiger partial charge in [0.05, 0.1) is 0 Å². The normalized spacial score (nSPS) is 12.2. The molecular weight excluding hydrogens is 222 g/mol. The van der Waals surface area contributed by atoms with E-state index in [1.165, 1.54) is 5.56 Å². The molecule has 0 amide bonds. The minimum atomic E-state index is 0.0582. The first-order valence-electron chi connectivity index (χ1n) is 6.31. The Morgan fingerprint density at radius 3 is 1.89 bits per heavy atom. The van der Waals surface area contributed by atoms with Crippen molar-refractivity contribution >= 4 is 0 Å². The van der Waals surface area contributed by atoms with E-state index >= 15 is 0 Å². The van der Waals surface area contributed by atoms with Gasteiger partial charge in [0, 0.05) is 6.04 Å². The van der Waals surface area contributed by atoms with Gasteiger partial charge in [-0.3, -0.25) is 0 Å². The predicted molar refractivity (Wildman–Crippen MR) is 74.9 cm³/mol. The van der Waals surface area contributed by atoms with Crippen molar-refractivity contribution in [1.29, 1.82) is 0 Å². The number of aryl methyl sites for hydroxylation is 1. The molecule has 1 atom stereocenters. The van der Waals surface area contributed by atoms with Crippen LogP contribution in [0, 0.1) is 0 Å². The van der Waals surface area contributed by atoms with Crippen molar-refractivity contribution in [3.63, 3.8) is 0 Å². The Bertz CT molecular complexity index is 486. The molecule has 2 rings (SSSR count). The van der Waals surface area contributed by atoms with Gasteiger partial charge in [0.25, 0.3) is 0 Å². The van der Waals surface area contributed by atoms with Crippen molar-refractivity contribution in [2.75, 3.05) is 0 Å². The average molecular weight is 241 g/mol. The number of ether oxygens (including phenoxy) is 1. The van der Waals surface area contributed by atoms with Gasteiger partial charge in [-0.05, 0) is 48.7 Å². The van der Waals surface area contributed by atoms with Crippen LogP contribution in [-0.2, 0) is 6.42 Å². The van der Waals surface area contributed by atoms with Crippen molar-refractivity contribution in [2.45, 2.75) is 26.3 Å². The zero-order valence-electron chi connectivity index (χ0n) is 10.9. The highest BCUT2D eigenvalue weighted by Crippen LogP contribution is 2.23. The fourth-order valence-corrected chi connectivity index (χ4v) is 1.77. The van der Waals surface area contributed by atoms with Gasteiger partial charge in [-0.25, -0.2) is 0 Å². The summed E-state index contributed by atoms with van der Waals surface area (Å²) in [6, 6.07) is 16.1. The summed E-state index contributed by atoms with van der Waals surface area (Å²) in [5.41, 5.74) is 8.24. The quantitative estimate of drug-likeness (QED) is 0.876. The van der Waals surface area contributed by atoms with Crippen LogP contribution in [0.3, 0.4) is 0 Å². The molecule has 2 N–H and O–H groups in total. The third kappa shape index (κ3) is 3.11. The van der Waals surface area contributed by atoms with Crippen LogP contribution in [0.4, 0.5) is 0 Å². The summed E-state index contributed by atoms with van der Waals surface area (Å²) in [5.74, 6) is 1.70. The molecule has 0 bridgehead atoms. The molecular formula is C16H19NO. The third-order valence-corrected chi connectivity index (χ3v) is 2.97. The van der Waals surface area contributed by atoms with Gasteiger partial charge in [0.15, 0.2) is 0 Å². The second kappa shape index (κ2) is 5.69. The summed E-state index contributed by atoms with van der Waals surface area (Å²) in [6.45, 7) is 4.11. The second-order valence-corrected chi connectivity index (χ2v) is 4.46. The average Bonchev–Trinajstić information content (AvgIpc) is 2.40. The highest BCUT2D eigenvalue weighted by molar-refractivity contribution is 5.35. The number of rotatable bonds is 4. The highest BCUT2D eigenvalue weighted by atomic mass is 16.5. The molecule has 0 aliphatic rings. The lowest BCUT2D eigenvalue weighted by atomic mass is 10.1. The molecule has 2 aromatic carbocycles. The van der Waals surface area contributed by atoms with Crippen LogP contribution in [0.15, 0.2) is 48.5 Å². The fraction of sp³-hybridized carbons (Fsp3) is 0.250. The first-order chi connectivity index (χ1) is 8.69. The first kappa shape index (κ1) is 12.7. The third-order valence-electron chi connectivity index (χ3n) is 2.97. The summed E-state index contributed by atoms with van der Waals surface area (Å²) in [5, 5.41) is 0. The molecule has 1 unspecified atom stereocenters. The summed E-state index contributed by atoms with van der Waals surface area (Å²) >= 11 is 0. The van der Waals surface area contributed by atoms with Gasteiger partial charge in [-0.15, -0.1) is 0 Å². The van der Waals surface area contributed by atoms with E-state index in [4.69, 9.17) is 10.5 Å². The topological polar surface area (TPSA) is 35.2 Å². The Balaban J connectivity index is 2.08. The SMILES string of the molecule is CCc1ccc(Oc2ccc(C(C)N)cc2)cc1. The van der Waals surface area contributed by atoms with E-state index in [0.717, 1.165) is 23.5 Å². The van der Waals surface area contributed by atoms with Gasteiger partial charge in [-0.2, -0.15) is 0 Å². The van der Waals surface area contributed by atoms with Gasteiger partial charge < -0.3 is 10.5 Å². The largest absolute Gasteiger partial charge is 0.457 e. The van der Waals surface area contributed by atoms with Gasteiger partial charge >= 0.3 is 0 Å². The van der Waals surface area contributed by atoms with E-state index < -0.39 is 0 Å². The van der Waals surface area contributed by atoms with Crippen LogP contribution in [-0.4, -0.2) is 0 Å². The van der Waals surface area contributed by atoms with Crippen LogP contribution in [0.2, 0.25) is 0 Å². The molecule has 0 saturated heterocycles. The smallest absolute Gasteiger partial charge is 0.127 e. The maximum Gasteiger partial charge on any atom is 0.127 e. The van der Waals surface area contributed by atoms with E-state index in [1.54, 1.807) is 0 Å². The van der Waals surface area contributed by atoms with Gasteiger partial charge in [0.2, 0.25) is 0 Å². The highest BCUT2D eigenvalue weighted by Gasteiger charge is 2.01. The zero-order valence-corrected chi connectivity index (χ0v) is 10.9. The number of nitrogens with two attached hydrogens (primary N) is 1. The molecule has 94 valence electrons. The molecule has 18 heavy (non-hydrogen) atoms. The molecule has 0 fully saturated rings. The molecule has 2 nitrogen and oxygen atoms in total. The molecule has 0 aliphatic heterocycles. The Kier molecular flexibility index (Phi) is 4.00. The van der Waals surface area contributed by atoms with Crippen LogP contribution >= 0.6 is 0 Å². The molecule has 0 heterocycles. The predicted octanol–water partition coefficient (Wildman–Crippen LogP) is 4.06. The lowest BCUT2D eigenvalue weighted by Crippen LogP contribution is -2.04. The van der Waals surface area contributed by atoms with Crippen LogP contribution in [0.5, 0.6) is 11.5 Å². The molecule has 0 saturated carbocycles. The van der Waals surface area contributed by atoms with Gasteiger partial charge in [0.1, 0.15) is 11.5 Å².